The molecule has 1 N–H and O–H groups in total. The third kappa shape index (κ3) is 6.06. The molecule has 0 heterocycles. The summed E-state index contributed by atoms with van der Waals surface area (Å²) in [4.78, 5) is 11.0. The monoisotopic (exact) mass is 264 g/mol. The molecule has 1 aromatic rings. The highest BCUT2D eigenvalue weighted by molar-refractivity contribution is 5.69. The summed E-state index contributed by atoms with van der Waals surface area (Å²) in [5, 5.41) is 8.83. The van der Waals surface area contributed by atoms with E-state index >= 15 is 0 Å². The van der Waals surface area contributed by atoms with Crippen molar-refractivity contribution in [3.05, 3.63) is 41.5 Å². The highest BCUT2D eigenvalue weighted by Crippen LogP contribution is 2.13. The van der Waals surface area contributed by atoms with Gasteiger partial charge in [-0.3, -0.25) is 4.79 Å². The SMILES string of the molecule is COC(=O)CCc1ccc(OC/C=C(\C)CO)cc1. The Morgan fingerprint density at radius 3 is 2.58 bits per heavy atom. The van der Waals surface area contributed by atoms with Crippen molar-refractivity contribution < 1.29 is 19.4 Å². The van der Waals surface area contributed by atoms with Gasteiger partial charge < -0.3 is 14.6 Å². The first-order chi connectivity index (χ1) is 9.15. The third-order valence-electron chi connectivity index (χ3n) is 2.70. The Morgan fingerprint density at radius 2 is 2.00 bits per heavy atom. The highest BCUT2D eigenvalue weighted by Gasteiger charge is 2.01. The molecule has 1 rings (SSSR count). The molecule has 4 nitrogen and oxygen atoms in total. The van der Waals surface area contributed by atoms with Crippen molar-refractivity contribution in [2.75, 3.05) is 20.3 Å². The molecule has 0 aromatic heterocycles. The van der Waals surface area contributed by atoms with Crippen LogP contribution in [0.5, 0.6) is 5.75 Å². The molecule has 104 valence electrons. The molecule has 0 bridgehead atoms. The summed E-state index contributed by atoms with van der Waals surface area (Å²) < 4.78 is 10.1. The number of hydrogen-bond acceptors (Lipinski definition) is 4. The fourth-order valence-corrected chi connectivity index (χ4v) is 1.45. The van der Waals surface area contributed by atoms with E-state index in [-0.39, 0.29) is 12.6 Å². The molecule has 0 aliphatic heterocycles. The smallest absolute Gasteiger partial charge is 0.305 e. The summed E-state index contributed by atoms with van der Waals surface area (Å²) in [6.07, 6.45) is 2.89. The molecule has 0 saturated heterocycles. The lowest BCUT2D eigenvalue weighted by molar-refractivity contribution is -0.140. The standard InChI is InChI=1S/C15H20O4/c1-12(11-16)9-10-19-14-6-3-13(4-7-14)5-8-15(17)18-2/h3-4,6-7,9,16H,5,8,10-11H2,1-2H3/b12-9+. The minimum Gasteiger partial charge on any atom is -0.490 e. The quantitative estimate of drug-likeness (QED) is 0.605. The lowest BCUT2D eigenvalue weighted by Gasteiger charge is -2.05. The number of esters is 1. The normalized spacial score (nSPS) is 11.2. The number of carbonyl (C=O) groups is 1. The Morgan fingerprint density at radius 1 is 1.32 bits per heavy atom. The number of benzene rings is 1. The Kier molecular flexibility index (Phi) is 6.68. The number of aliphatic hydroxyl groups excluding tert-OH is 1. The number of rotatable bonds is 7. The average Bonchev–Trinajstić information content (AvgIpc) is 2.45. The summed E-state index contributed by atoms with van der Waals surface area (Å²) in [6.45, 7) is 2.34. The fourth-order valence-electron chi connectivity index (χ4n) is 1.45. The van der Waals surface area contributed by atoms with Crippen LogP contribution >= 0.6 is 0 Å². The number of aliphatic hydroxyl groups is 1. The summed E-state index contributed by atoms with van der Waals surface area (Å²) in [6, 6.07) is 7.60. The number of methoxy groups -OCH3 is 1. The molecule has 0 radical (unpaired) electrons. The van der Waals surface area contributed by atoms with Crippen LogP contribution in [0.2, 0.25) is 0 Å². The first kappa shape index (κ1) is 15.2. The van der Waals surface area contributed by atoms with Crippen molar-refractivity contribution in [1.82, 2.24) is 0 Å². The maximum atomic E-state index is 11.0. The van der Waals surface area contributed by atoms with Crippen LogP contribution < -0.4 is 4.74 Å². The summed E-state index contributed by atoms with van der Waals surface area (Å²) in [7, 11) is 1.39. The Labute approximate surface area is 113 Å². The number of carbonyl (C=O) groups excluding carboxylic acids is 1. The van der Waals surface area contributed by atoms with Crippen LogP contribution in [0.1, 0.15) is 18.9 Å². The van der Waals surface area contributed by atoms with Gasteiger partial charge in [-0.25, -0.2) is 0 Å². The van der Waals surface area contributed by atoms with Gasteiger partial charge in [0.25, 0.3) is 0 Å². The van der Waals surface area contributed by atoms with Crippen LogP contribution in [-0.4, -0.2) is 31.4 Å². The maximum Gasteiger partial charge on any atom is 0.305 e. The zero-order valence-corrected chi connectivity index (χ0v) is 11.4. The van der Waals surface area contributed by atoms with E-state index in [4.69, 9.17) is 9.84 Å². The lowest BCUT2D eigenvalue weighted by atomic mass is 10.1. The number of aryl methyl sites for hydroxylation is 1. The number of ether oxygens (including phenoxy) is 2. The van der Waals surface area contributed by atoms with Crippen molar-refractivity contribution in [3.8, 4) is 5.75 Å². The van der Waals surface area contributed by atoms with Crippen molar-refractivity contribution in [3.63, 3.8) is 0 Å². The van der Waals surface area contributed by atoms with Crippen LogP contribution in [0, 0.1) is 0 Å². The highest BCUT2D eigenvalue weighted by atomic mass is 16.5. The maximum absolute atomic E-state index is 11.0. The van der Waals surface area contributed by atoms with E-state index in [1.807, 2.05) is 37.3 Å². The summed E-state index contributed by atoms with van der Waals surface area (Å²) >= 11 is 0. The predicted octanol–water partition coefficient (Wildman–Crippen LogP) is 2.11. The molecule has 0 spiro atoms. The van der Waals surface area contributed by atoms with E-state index in [2.05, 4.69) is 4.74 Å². The Balaban J connectivity index is 2.41. The van der Waals surface area contributed by atoms with E-state index < -0.39 is 0 Å². The molecule has 0 unspecified atom stereocenters. The first-order valence-electron chi connectivity index (χ1n) is 6.20. The van der Waals surface area contributed by atoms with Gasteiger partial charge in [0.1, 0.15) is 12.4 Å². The third-order valence-corrected chi connectivity index (χ3v) is 2.70. The zero-order chi connectivity index (χ0) is 14.1. The summed E-state index contributed by atoms with van der Waals surface area (Å²) in [5.41, 5.74) is 1.95. The largest absolute Gasteiger partial charge is 0.490 e. The molecule has 1 aromatic carbocycles. The topological polar surface area (TPSA) is 55.8 Å². The van der Waals surface area contributed by atoms with Crippen LogP contribution in [0.15, 0.2) is 35.9 Å². The van der Waals surface area contributed by atoms with Crippen LogP contribution in [-0.2, 0) is 16.0 Å². The van der Waals surface area contributed by atoms with Crippen molar-refractivity contribution >= 4 is 5.97 Å². The van der Waals surface area contributed by atoms with Gasteiger partial charge in [0.15, 0.2) is 0 Å². The van der Waals surface area contributed by atoms with Crippen LogP contribution in [0.4, 0.5) is 0 Å². The summed E-state index contributed by atoms with van der Waals surface area (Å²) in [5.74, 6) is 0.564. The second-order valence-electron chi connectivity index (χ2n) is 4.24. The van der Waals surface area contributed by atoms with Gasteiger partial charge in [-0.1, -0.05) is 12.1 Å². The van der Waals surface area contributed by atoms with Gasteiger partial charge in [-0.05, 0) is 42.7 Å². The van der Waals surface area contributed by atoms with Gasteiger partial charge in [0, 0.05) is 6.42 Å². The van der Waals surface area contributed by atoms with E-state index in [9.17, 15) is 4.79 Å². The average molecular weight is 264 g/mol. The van der Waals surface area contributed by atoms with Crippen molar-refractivity contribution in [2.24, 2.45) is 0 Å². The molecule has 0 atom stereocenters. The Hall–Kier alpha value is -1.81. The lowest BCUT2D eigenvalue weighted by Crippen LogP contribution is -2.02. The molecule has 0 aliphatic rings. The van der Waals surface area contributed by atoms with Gasteiger partial charge in [0.05, 0.1) is 13.7 Å². The molecule has 19 heavy (non-hydrogen) atoms. The second-order valence-corrected chi connectivity index (χ2v) is 4.24. The van der Waals surface area contributed by atoms with E-state index in [1.54, 1.807) is 0 Å². The molecule has 0 aliphatic carbocycles. The predicted molar refractivity (Wildman–Crippen MR) is 73.1 cm³/mol. The van der Waals surface area contributed by atoms with Gasteiger partial charge in [-0.2, -0.15) is 0 Å². The van der Waals surface area contributed by atoms with Crippen molar-refractivity contribution in [1.29, 1.82) is 0 Å². The van der Waals surface area contributed by atoms with E-state index in [1.165, 1.54) is 7.11 Å². The van der Waals surface area contributed by atoms with E-state index in [0.717, 1.165) is 16.9 Å². The minimum absolute atomic E-state index is 0.0514. The van der Waals surface area contributed by atoms with Crippen LogP contribution in [0.25, 0.3) is 0 Å². The molecule has 0 saturated carbocycles. The zero-order valence-electron chi connectivity index (χ0n) is 11.4. The Bertz CT molecular complexity index is 420. The van der Waals surface area contributed by atoms with Gasteiger partial charge in [0.2, 0.25) is 0 Å². The molecule has 0 amide bonds. The van der Waals surface area contributed by atoms with Gasteiger partial charge in [-0.15, -0.1) is 0 Å². The molecule has 0 fully saturated rings. The number of hydrogen-bond donors (Lipinski definition) is 1. The molecular formula is C15H20O4. The van der Waals surface area contributed by atoms with Gasteiger partial charge >= 0.3 is 5.97 Å². The fraction of sp³-hybridized carbons (Fsp3) is 0.400. The van der Waals surface area contributed by atoms with E-state index in [0.29, 0.717) is 19.4 Å². The molecular weight excluding hydrogens is 244 g/mol. The minimum atomic E-state index is -0.204. The second kappa shape index (κ2) is 8.32. The first-order valence-corrected chi connectivity index (χ1v) is 6.20. The van der Waals surface area contributed by atoms with Crippen molar-refractivity contribution in [2.45, 2.75) is 19.8 Å². The van der Waals surface area contributed by atoms with Crippen LogP contribution in [0.3, 0.4) is 0 Å². The molecule has 4 heteroatoms.